The maximum Gasteiger partial charge on any atom is 0.508 e. The number of carboxylic acid groups (broad SMARTS) is 1. The topological polar surface area (TPSA) is 65.0 Å². The summed E-state index contributed by atoms with van der Waals surface area (Å²) < 4.78 is 5.18. The van der Waals surface area contributed by atoms with Crippen molar-refractivity contribution in [1.82, 2.24) is 0 Å². The Hall–Kier alpha value is -0.810. The van der Waals surface area contributed by atoms with Crippen molar-refractivity contribution in [2.24, 2.45) is 22.7 Å². The molecule has 2 saturated carbocycles. The molecular formula is C21H38O5. The summed E-state index contributed by atoms with van der Waals surface area (Å²) in [5.41, 5.74) is 0.534. The van der Waals surface area contributed by atoms with E-state index >= 15 is 0 Å². The molecule has 0 atom stereocenters. The van der Waals surface area contributed by atoms with Gasteiger partial charge in [-0.05, 0) is 61.2 Å². The van der Waals surface area contributed by atoms with Crippen LogP contribution in [0, 0.1) is 22.7 Å². The lowest BCUT2D eigenvalue weighted by molar-refractivity contribution is -0.445. The molecule has 2 aliphatic rings. The lowest BCUT2D eigenvalue weighted by atomic mass is 9.71. The monoisotopic (exact) mass is 370 g/mol. The van der Waals surface area contributed by atoms with Crippen LogP contribution in [0.25, 0.3) is 0 Å². The van der Waals surface area contributed by atoms with Crippen molar-refractivity contribution >= 4 is 6.16 Å². The minimum Gasteiger partial charge on any atom is -0.450 e. The van der Waals surface area contributed by atoms with Crippen molar-refractivity contribution in [3.05, 3.63) is 0 Å². The first-order valence-electron chi connectivity index (χ1n) is 10.2. The van der Waals surface area contributed by atoms with Gasteiger partial charge in [-0.2, -0.15) is 4.89 Å². The molecule has 0 aliphatic heterocycles. The second-order valence-corrected chi connectivity index (χ2v) is 10.4. The molecule has 0 saturated heterocycles. The van der Waals surface area contributed by atoms with E-state index in [0.29, 0.717) is 30.1 Å². The predicted octanol–water partition coefficient (Wildman–Crippen LogP) is 6.17. The van der Waals surface area contributed by atoms with Crippen LogP contribution in [0.1, 0.15) is 92.9 Å². The van der Waals surface area contributed by atoms with E-state index in [-0.39, 0.29) is 11.5 Å². The molecule has 0 unspecified atom stereocenters. The Morgan fingerprint density at radius 1 is 0.846 bits per heavy atom. The molecule has 0 aromatic rings. The lowest BCUT2D eigenvalue weighted by Gasteiger charge is -2.42. The average molecular weight is 371 g/mol. The normalized spacial score (nSPS) is 33.7. The zero-order valence-electron chi connectivity index (χ0n) is 17.5. The molecule has 0 amide bonds. The molecule has 152 valence electrons. The van der Waals surface area contributed by atoms with E-state index in [9.17, 15) is 4.79 Å². The first kappa shape index (κ1) is 21.5. The summed E-state index contributed by atoms with van der Waals surface area (Å²) in [7, 11) is 0. The van der Waals surface area contributed by atoms with Gasteiger partial charge in [0.2, 0.25) is 5.79 Å². The van der Waals surface area contributed by atoms with Gasteiger partial charge in [0, 0.05) is 12.8 Å². The first-order chi connectivity index (χ1) is 11.9. The lowest BCUT2D eigenvalue weighted by Crippen LogP contribution is -2.44. The van der Waals surface area contributed by atoms with E-state index in [0.717, 1.165) is 38.5 Å². The van der Waals surface area contributed by atoms with E-state index in [1.165, 1.54) is 0 Å². The Kier molecular flexibility index (Phi) is 6.66. The smallest absolute Gasteiger partial charge is 0.450 e. The van der Waals surface area contributed by atoms with Crippen LogP contribution in [0.2, 0.25) is 0 Å². The van der Waals surface area contributed by atoms with Crippen LogP contribution in [0.5, 0.6) is 0 Å². The summed E-state index contributed by atoms with van der Waals surface area (Å²) in [4.78, 5) is 22.6. The van der Waals surface area contributed by atoms with Crippen LogP contribution < -0.4 is 0 Å². The first-order valence-corrected chi connectivity index (χ1v) is 10.2. The Labute approximate surface area is 158 Å². The fourth-order valence-electron chi connectivity index (χ4n) is 4.47. The number of ether oxygens (including phenoxy) is 1. The average Bonchev–Trinajstić information content (AvgIpc) is 2.51. The van der Waals surface area contributed by atoms with Crippen molar-refractivity contribution in [2.75, 3.05) is 0 Å². The number of hydrogen-bond donors (Lipinski definition) is 1. The van der Waals surface area contributed by atoms with Crippen LogP contribution in [0.15, 0.2) is 0 Å². The number of rotatable bonds is 4. The van der Waals surface area contributed by atoms with Gasteiger partial charge in [0.25, 0.3) is 0 Å². The summed E-state index contributed by atoms with van der Waals surface area (Å²) in [6.45, 7) is 13.6. The molecule has 2 rings (SSSR count). The minimum atomic E-state index is -1.29. The van der Waals surface area contributed by atoms with Crippen molar-refractivity contribution in [3.63, 3.8) is 0 Å². The van der Waals surface area contributed by atoms with Gasteiger partial charge in [0.15, 0.2) is 0 Å². The van der Waals surface area contributed by atoms with Gasteiger partial charge >= 0.3 is 6.16 Å². The molecule has 0 aromatic carbocycles. The second-order valence-electron chi connectivity index (χ2n) is 10.4. The van der Waals surface area contributed by atoms with Crippen molar-refractivity contribution in [3.8, 4) is 0 Å². The summed E-state index contributed by atoms with van der Waals surface area (Å²) in [6.07, 6.45) is 5.77. The second kappa shape index (κ2) is 8.05. The van der Waals surface area contributed by atoms with Gasteiger partial charge in [-0.15, -0.1) is 0 Å². The molecular weight excluding hydrogens is 332 g/mol. The van der Waals surface area contributed by atoms with Gasteiger partial charge in [-0.25, -0.2) is 9.68 Å². The molecule has 2 fully saturated rings. The maximum absolute atomic E-state index is 11.2. The highest BCUT2D eigenvalue weighted by atomic mass is 17.2. The van der Waals surface area contributed by atoms with E-state index < -0.39 is 11.9 Å². The molecule has 0 bridgehead atoms. The van der Waals surface area contributed by atoms with Gasteiger partial charge in [0.1, 0.15) is 0 Å². The Balaban J connectivity index is 1.89. The van der Waals surface area contributed by atoms with Crippen LogP contribution in [0.4, 0.5) is 4.79 Å². The summed E-state index contributed by atoms with van der Waals surface area (Å²) in [6, 6.07) is 0. The van der Waals surface area contributed by atoms with E-state index in [1.807, 2.05) is 0 Å². The fourth-order valence-corrected chi connectivity index (χ4v) is 4.47. The Morgan fingerprint density at radius 3 is 1.73 bits per heavy atom. The molecule has 0 heterocycles. The van der Waals surface area contributed by atoms with Crippen LogP contribution in [-0.4, -0.2) is 23.2 Å². The Bertz CT molecular complexity index is 458. The van der Waals surface area contributed by atoms with Crippen LogP contribution in [-0.2, 0) is 14.5 Å². The molecule has 5 nitrogen and oxygen atoms in total. The van der Waals surface area contributed by atoms with Crippen molar-refractivity contribution < 1.29 is 24.4 Å². The number of carbonyl (C=O) groups is 1. The maximum atomic E-state index is 11.2. The fraction of sp³-hybridized carbons (Fsp3) is 0.952. The third-order valence-electron chi connectivity index (χ3n) is 6.48. The standard InChI is InChI=1S/C21H38O5/c1-19(2,3)15-7-9-17(10-8-15)25-26-21(24-18(22)23)13-11-16(12-14-21)20(4,5)6/h15-17H,7-14H2,1-6H3,(H,22,23). The summed E-state index contributed by atoms with van der Waals surface area (Å²) >= 11 is 0. The van der Waals surface area contributed by atoms with E-state index in [2.05, 4.69) is 41.5 Å². The zero-order valence-corrected chi connectivity index (χ0v) is 17.5. The number of hydrogen-bond acceptors (Lipinski definition) is 4. The van der Waals surface area contributed by atoms with Crippen molar-refractivity contribution in [1.29, 1.82) is 0 Å². The summed E-state index contributed by atoms with van der Waals surface area (Å²) in [5.74, 6) is 0.0988. The van der Waals surface area contributed by atoms with Gasteiger partial charge in [0.05, 0.1) is 6.10 Å². The van der Waals surface area contributed by atoms with E-state index in [4.69, 9.17) is 19.6 Å². The summed E-state index contributed by atoms with van der Waals surface area (Å²) in [5, 5.41) is 9.16. The molecule has 0 aromatic heterocycles. The highest BCUT2D eigenvalue weighted by Gasteiger charge is 2.44. The third kappa shape index (κ3) is 5.85. The van der Waals surface area contributed by atoms with Crippen LogP contribution in [0.3, 0.4) is 0 Å². The molecule has 26 heavy (non-hydrogen) atoms. The molecule has 1 N–H and O–H groups in total. The largest absolute Gasteiger partial charge is 0.508 e. The zero-order chi connectivity index (χ0) is 19.6. The quantitative estimate of drug-likeness (QED) is 0.277. The predicted molar refractivity (Wildman–Crippen MR) is 101 cm³/mol. The van der Waals surface area contributed by atoms with Gasteiger partial charge in [-0.1, -0.05) is 41.5 Å². The van der Waals surface area contributed by atoms with Gasteiger partial charge < -0.3 is 9.84 Å². The van der Waals surface area contributed by atoms with Crippen molar-refractivity contribution in [2.45, 2.75) is 105 Å². The highest BCUT2D eigenvalue weighted by molar-refractivity contribution is 5.57. The van der Waals surface area contributed by atoms with Gasteiger partial charge in [-0.3, -0.25) is 0 Å². The molecule has 5 heteroatoms. The molecule has 0 radical (unpaired) electrons. The molecule has 2 aliphatic carbocycles. The minimum absolute atomic E-state index is 0.0307. The van der Waals surface area contributed by atoms with Crippen LogP contribution >= 0.6 is 0 Å². The highest BCUT2D eigenvalue weighted by Crippen LogP contribution is 2.44. The third-order valence-corrected chi connectivity index (χ3v) is 6.48. The van der Waals surface area contributed by atoms with E-state index in [1.54, 1.807) is 0 Å². The Morgan fingerprint density at radius 2 is 1.31 bits per heavy atom. The molecule has 0 spiro atoms. The SMILES string of the molecule is CC(C)(C)C1CCC(OOC2(OC(=O)O)CCC(C(C)(C)C)CC2)CC1.